The second-order valence-electron chi connectivity index (χ2n) is 6.81. The minimum atomic E-state index is -0.755. The van der Waals surface area contributed by atoms with Crippen molar-refractivity contribution in [2.24, 2.45) is 0 Å². The van der Waals surface area contributed by atoms with Gasteiger partial charge in [-0.25, -0.2) is 9.59 Å². The minimum absolute atomic E-state index is 0.0682. The van der Waals surface area contributed by atoms with E-state index in [1.54, 1.807) is 20.0 Å². The van der Waals surface area contributed by atoms with Gasteiger partial charge in [0, 0.05) is 12.7 Å². The summed E-state index contributed by atoms with van der Waals surface area (Å²) in [6.07, 6.45) is 3.69. The van der Waals surface area contributed by atoms with Gasteiger partial charge in [-0.1, -0.05) is 11.6 Å². The Bertz CT molecular complexity index is 802. The zero-order chi connectivity index (χ0) is 19.7. The molecule has 146 valence electrons. The molecule has 7 nitrogen and oxygen atoms in total. The summed E-state index contributed by atoms with van der Waals surface area (Å²) in [5.74, 6) is -0.496. The number of hydrogen-bond acceptors (Lipinski definition) is 5. The van der Waals surface area contributed by atoms with Crippen LogP contribution in [0.2, 0.25) is 5.02 Å². The number of carbonyl (C=O) groups is 2. The van der Waals surface area contributed by atoms with Gasteiger partial charge < -0.3 is 24.8 Å². The fourth-order valence-corrected chi connectivity index (χ4v) is 3.71. The van der Waals surface area contributed by atoms with Gasteiger partial charge >= 0.3 is 12.0 Å². The molecule has 1 aromatic carbocycles. The lowest BCUT2D eigenvalue weighted by Crippen LogP contribution is -2.46. The Morgan fingerprint density at radius 1 is 1.33 bits per heavy atom. The van der Waals surface area contributed by atoms with E-state index >= 15 is 0 Å². The number of hydrogen-bond donors (Lipinski definition) is 2. The summed E-state index contributed by atoms with van der Waals surface area (Å²) in [6.45, 7) is 1.70. The van der Waals surface area contributed by atoms with Gasteiger partial charge in [-0.15, -0.1) is 0 Å². The molecule has 2 N–H and O–H groups in total. The van der Waals surface area contributed by atoms with Crippen LogP contribution < -0.4 is 10.1 Å². The minimum Gasteiger partial charge on any atom is -0.503 e. The zero-order valence-corrected chi connectivity index (χ0v) is 16.3. The van der Waals surface area contributed by atoms with E-state index in [1.165, 1.54) is 18.1 Å². The molecule has 1 aliphatic carbocycles. The number of carbonyl (C=O) groups excluding carboxylic acids is 2. The number of phenolic OH excluding ortho intramolecular Hbond substituents is 1. The average Bonchev–Trinajstić information content (AvgIpc) is 3.14. The Balaban J connectivity index is 2.02. The highest BCUT2D eigenvalue weighted by Gasteiger charge is 2.37. The number of aromatic hydroxyl groups is 1. The molecule has 0 radical (unpaired) electrons. The van der Waals surface area contributed by atoms with Crippen molar-refractivity contribution in [1.82, 2.24) is 10.2 Å². The first-order valence-corrected chi connectivity index (χ1v) is 9.23. The Labute approximate surface area is 162 Å². The second kappa shape index (κ2) is 7.68. The third-order valence-electron chi connectivity index (χ3n) is 5.15. The van der Waals surface area contributed by atoms with Crippen molar-refractivity contribution in [2.45, 2.75) is 44.8 Å². The maximum atomic E-state index is 12.9. The average molecular weight is 395 g/mol. The molecule has 1 heterocycles. The molecule has 0 saturated heterocycles. The van der Waals surface area contributed by atoms with Gasteiger partial charge in [-0.2, -0.15) is 0 Å². The number of methoxy groups -OCH3 is 1. The zero-order valence-electron chi connectivity index (χ0n) is 15.5. The number of benzene rings is 1. The summed E-state index contributed by atoms with van der Waals surface area (Å²) >= 11 is 6.10. The number of rotatable bonds is 4. The number of allylic oxidation sites excluding steroid dienone is 1. The fourth-order valence-electron chi connectivity index (χ4n) is 3.49. The highest BCUT2D eigenvalue weighted by atomic mass is 35.5. The van der Waals surface area contributed by atoms with Gasteiger partial charge in [0.25, 0.3) is 0 Å². The maximum Gasteiger partial charge on any atom is 0.338 e. The lowest BCUT2D eigenvalue weighted by Gasteiger charge is -2.33. The Morgan fingerprint density at radius 3 is 2.63 bits per heavy atom. The SMILES string of the molecule is COc1cc(C2NC(=O)N(C)C(C)=C2C(=O)OC2CCCC2)cc(Cl)c1O. The Kier molecular flexibility index (Phi) is 5.51. The highest BCUT2D eigenvalue weighted by molar-refractivity contribution is 6.32. The first-order chi connectivity index (χ1) is 12.8. The van der Waals surface area contributed by atoms with Crippen LogP contribution in [0.4, 0.5) is 4.79 Å². The van der Waals surface area contributed by atoms with Gasteiger partial charge in [0.15, 0.2) is 11.5 Å². The summed E-state index contributed by atoms with van der Waals surface area (Å²) in [4.78, 5) is 26.6. The van der Waals surface area contributed by atoms with Gasteiger partial charge in [0.2, 0.25) is 0 Å². The molecule has 8 heteroatoms. The molecule has 1 saturated carbocycles. The number of ether oxygens (including phenoxy) is 2. The number of urea groups is 1. The number of amides is 2. The first-order valence-electron chi connectivity index (χ1n) is 8.85. The molecule has 2 aliphatic rings. The number of halogens is 1. The van der Waals surface area contributed by atoms with Crippen molar-refractivity contribution >= 4 is 23.6 Å². The molecule has 1 aromatic rings. The quantitative estimate of drug-likeness (QED) is 0.763. The molecule has 0 spiro atoms. The van der Waals surface area contributed by atoms with E-state index in [-0.39, 0.29) is 28.7 Å². The largest absolute Gasteiger partial charge is 0.503 e. The van der Waals surface area contributed by atoms with E-state index in [9.17, 15) is 14.7 Å². The third-order valence-corrected chi connectivity index (χ3v) is 5.44. The predicted molar refractivity (Wildman–Crippen MR) is 99.8 cm³/mol. The van der Waals surface area contributed by atoms with Crippen LogP contribution in [-0.4, -0.2) is 42.3 Å². The van der Waals surface area contributed by atoms with Crippen LogP contribution in [0.1, 0.15) is 44.2 Å². The van der Waals surface area contributed by atoms with Crippen molar-refractivity contribution < 1.29 is 24.2 Å². The first kappa shape index (κ1) is 19.4. The molecule has 0 bridgehead atoms. The highest BCUT2D eigenvalue weighted by Crippen LogP contribution is 2.40. The lowest BCUT2D eigenvalue weighted by atomic mass is 9.94. The van der Waals surface area contributed by atoms with Crippen LogP contribution in [0, 0.1) is 0 Å². The van der Waals surface area contributed by atoms with Crippen molar-refractivity contribution in [3.05, 3.63) is 34.0 Å². The van der Waals surface area contributed by atoms with Gasteiger partial charge in [-0.3, -0.25) is 0 Å². The van der Waals surface area contributed by atoms with Crippen LogP contribution in [0.15, 0.2) is 23.4 Å². The van der Waals surface area contributed by atoms with Crippen LogP contribution in [0.3, 0.4) is 0 Å². The molecule has 1 unspecified atom stereocenters. The summed E-state index contributed by atoms with van der Waals surface area (Å²) in [5.41, 5.74) is 1.37. The normalized spacial score (nSPS) is 20.7. The van der Waals surface area contributed by atoms with E-state index in [2.05, 4.69) is 5.32 Å². The smallest absolute Gasteiger partial charge is 0.338 e. The van der Waals surface area contributed by atoms with E-state index in [0.29, 0.717) is 16.8 Å². The molecule has 2 amide bonds. The van der Waals surface area contributed by atoms with Crippen molar-refractivity contribution in [3.63, 3.8) is 0 Å². The van der Waals surface area contributed by atoms with Crippen LogP contribution in [0.5, 0.6) is 11.5 Å². The topological polar surface area (TPSA) is 88.1 Å². The Morgan fingerprint density at radius 2 is 2.00 bits per heavy atom. The number of phenols is 1. The van der Waals surface area contributed by atoms with Crippen LogP contribution >= 0.6 is 11.6 Å². The molecule has 0 aromatic heterocycles. The van der Waals surface area contributed by atoms with E-state index in [4.69, 9.17) is 21.1 Å². The van der Waals surface area contributed by atoms with E-state index in [0.717, 1.165) is 25.7 Å². The summed E-state index contributed by atoms with van der Waals surface area (Å²) in [5, 5.41) is 12.8. The van der Waals surface area contributed by atoms with Gasteiger partial charge in [-0.05, 0) is 50.3 Å². The van der Waals surface area contributed by atoms with Gasteiger partial charge in [0.05, 0.1) is 23.7 Å². The molecule has 27 heavy (non-hydrogen) atoms. The molecule has 3 rings (SSSR count). The maximum absolute atomic E-state index is 12.9. The molecule has 1 aliphatic heterocycles. The molecule has 1 fully saturated rings. The van der Waals surface area contributed by atoms with Crippen LogP contribution in [-0.2, 0) is 9.53 Å². The van der Waals surface area contributed by atoms with Crippen molar-refractivity contribution in [3.8, 4) is 11.5 Å². The lowest BCUT2D eigenvalue weighted by molar-refractivity contribution is -0.144. The third kappa shape index (κ3) is 3.69. The standard InChI is InChI=1S/C19H23ClN2O5/c1-10-15(18(24)27-12-6-4-5-7-12)16(21-19(25)22(10)2)11-8-13(20)17(23)14(9-11)26-3/h8-9,12,16,23H,4-7H2,1-3H3,(H,21,25). The number of nitrogens with one attached hydrogen (secondary N) is 1. The van der Waals surface area contributed by atoms with Gasteiger partial charge in [0.1, 0.15) is 6.10 Å². The van der Waals surface area contributed by atoms with Crippen LogP contribution in [0.25, 0.3) is 0 Å². The molecular formula is C19H23ClN2O5. The Hall–Kier alpha value is -2.41. The fraction of sp³-hybridized carbons (Fsp3) is 0.474. The van der Waals surface area contributed by atoms with E-state index < -0.39 is 12.0 Å². The second-order valence-corrected chi connectivity index (χ2v) is 7.21. The molecular weight excluding hydrogens is 372 g/mol. The summed E-state index contributed by atoms with van der Waals surface area (Å²) < 4.78 is 10.8. The molecule has 1 atom stereocenters. The van der Waals surface area contributed by atoms with E-state index in [1.807, 2.05) is 0 Å². The summed E-state index contributed by atoms with van der Waals surface area (Å²) in [6, 6.07) is 1.95. The monoisotopic (exact) mass is 394 g/mol. The van der Waals surface area contributed by atoms with Crippen molar-refractivity contribution in [1.29, 1.82) is 0 Å². The van der Waals surface area contributed by atoms with Crippen molar-refractivity contribution in [2.75, 3.05) is 14.2 Å². The summed E-state index contributed by atoms with van der Waals surface area (Å²) in [7, 11) is 2.99. The predicted octanol–water partition coefficient (Wildman–Crippen LogP) is 3.51. The number of esters is 1. The number of nitrogens with zero attached hydrogens (tertiary/aromatic N) is 1.